The smallest absolute Gasteiger partial charge is 0.257 e. The van der Waals surface area contributed by atoms with Gasteiger partial charge in [-0.15, -0.1) is 0 Å². The fourth-order valence-electron chi connectivity index (χ4n) is 2.50. The van der Waals surface area contributed by atoms with E-state index in [1.807, 2.05) is 6.92 Å². The molecule has 1 atom stereocenters. The first-order chi connectivity index (χ1) is 9.44. The molecular weight excluding hydrogens is 281 g/mol. The largest absolute Gasteiger partial charge is 0.335 e. The Morgan fingerprint density at radius 1 is 1.40 bits per heavy atom. The van der Waals surface area contributed by atoms with E-state index in [2.05, 4.69) is 0 Å². The van der Waals surface area contributed by atoms with Gasteiger partial charge in [0.25, 0.3) is 5.91 Å². The minimum absolute atomic E-state index is 0.00486. The summed E-state index contributed by atoms with van der Waals surface area (Å²) in [6.45, 7) is 2.35. The van der Waals surface area contributed by atoms with E-state index in [1.165, 1.54) is 23.1 Å². The molecule has 1 aromatic carbocycles. The summed E-state index contributed by atoms with van der Waals surface area (Å²) in [4.78, 5) is 13.9. The molecule has 1 saturated heterocycles. The van der Waals surface area contributed by atoms with Crippen molar-refractivity contribution in [1.82, 2.24) is 4.90 Å². The molecule has 0 bridgehead atoms. The van der Waals surface area contributed by atoms with Crippen LogP contribution in [0.1, 0.15) is 30.1 Å². The van der Waals surface area contributed by atoms with Crippen molar-refractivity contribution in [3.63, 3.8) is 0 Å². The molecule has 0 spiro atoms. The number of carbonyl (C=O) groups excluding carboxylic acids is 1. The molecule has 110 valence electrons. The Morgan fingerprint density at radius 2 is 2.10 bits per heavy atom. The lowest BCUT2D eigenvalue weighted by molar-refractivity contribution is 0.0692. The normalized spacial score (nSPS) is 20.8. The van der Waals surface area contributed by atoms with E-state index < -0.39 is 21.6 Å². The van der Waals surface area contributed by atoms with Gasteiger partial charge in [-0.1, -0.05) is 19.1 Å². The van der Waals surface area contributed by atoms with E-state index in [-0.39, 0.29) is 23.1 Å². The number of hydrogen-bond donors (Lipinski definition) is 0. The maximum absolute atomic E-state index is 13.7. The molecule has 0 N–H and O–H groups in total. The minimum atomic E-state index is -3.07. The van der Waals surface area contributed by atoms with Crippen LogP contribution in [0.5, 0.6) is 0 Å². The predicted octanol–water partition coefficient (Wildman–Crippen LogP) is 1.86. The molecule has 2 rings (SSSR count). The molecule has 1 amide bonds. The number of halogens is 1. The molecule has 0 aliphatic carbocycles. The summed E-state index contributed by atoms with van der Waals surface area (Å²) in [5.41, 5.74) is 0.00486. The van der Waals surface area contributed by atoms with Gasteiger partial charge in [0.2, 0.25) is 0 Å². The predicted molar refractivity (Wildman–Crippen MR) is 74.8 cm³/mol. The van der Waals surface area contributed by atoms with Gasteiger partial charge in [0.1, 0.15) is 5.82 Å². The number of carbonyl (C=O) groups is 1. The minimum Gasteiger partial charge on any atom is -0.335 e. The molecule has 1 fully saturated rings. The SMILES string of the molecule is CCCN(C(=O)c1ccccc1F)C1CCS(=O)(=O)C1. The second-order valence-corrected chi connectivity index (χ2v) is 7.26. The Labute approximate surface area is 118 Å². The van der Waals surface area contributed by atoms with Crippen molar-refractivity contribution in [2.24, 2.45) is 0 Å². The number of amides is 1. The summed E-state index contributed by atoms with van der Waals surface area (Å²) in [5.74, 6) is -0.915. The first kappa shape index (κ1) is 15.0. The Bertz CT molecular complexity index is 600. The Hall–Kier alpha value is -1.43. The zero-order valence-electron chi connectivity index (χ0n) is 11.4. The molecule has 20 heavy (non-hydrogen) atoms. The van der Waals surface area contributed by atoms with Crippen molar-refractivity contribution in [2.75, 3.05) is 18.1 Å². The van der Waals surface area contributed by atoms with Gasteiger partial charge in [-0.2, -0.15) is 0 Å². The van der Waals surface area contributed by atoms with E-state index in [0.717, 1.165) is 0 Å². The lowest BCUT2D eigenvalue weighted by atomic mass is 10.1. The molecule has 6 heteroatoms. The van der Waals surface area contributed by atoms with Crippen LogP contribution >= 0.6 is 0 Å². The van der Waals surface area contributed by atoms with Crippen LogP contribution in [-0.4, -0.2) is 43.3 Å². The quantitative estimate of drug-likeness (QED) is 0.853. The zero-order valence-corrected chi connectivity index (χ0v) is 12.2. The molecular formula is C14H18FNO3S. The fourth-order valence-corrected chi connectivity index (χ4v) is 4.23. The van der Waals surface area contributed by atoms with Crippen molar-refractivity contribution in [3.05, 3.63) is 35.6 Å². The number of sulfone groups is 1. The first-order valence-electron chi connectivity index (χ1n) is 6.70. The fraction of sp³-hybridized carbons (Fsp3) is 0.500. The van der Waals surface area contributed by atoms with Gasteiger partial charge in [0, 0.05) is 12.6 Å². The van der Waals surface area contributed by atoms with E-state index in [0.29, 0.717) is 19.4 Å². The van der Waals surface area contributed by atoms with Crippen molar-refractivity contribution in [2.45, 2.75) is 25.8 Å². The van der Waals surface area contributed by atoms with Crippen LogP contribution in [0.15, 0.2) is 24.3 Å². The van der Waals surface area contributed by atoms with Gasteiger partial charge in [-0.25, -0.2) is 12.8 Å². The summed E-state index contributed by atoms with van der Waals surface area (Å²) in [6.07, 6.45) is 1.14. The molecule has 1 aliphatic heterocycles. The molecule has 1 heterocycles. The van der Waals surface area contributed by atoms with E-state index in [4.69, 9.17) is 0 Å². The van der Waals surface area contributed by atoms with E-state index in [1.54, 1.807) is 6.07 Å². The lowest BCUT2D eigenvalue weighted by Gasteiger charge is -2.28. The summed E-state index contributed by atoms with van der Waals surface area (Å²) in [6, 6.07) is 5.46. The van der Waals surface area contributed by atoms with Crippen LogP contribution in [0, 0.1) is 5.82 Å². The highest BCUT2D eigenvalue weighted by Gasteiger charge is 2.35. The molecule has 1 aromatic rings. The third kappa shape index (κ3) is 3.17. The summed E-state index contributed by atoms with van der Waals surface area (Å²) in [5, 5.41) is 0. The second-order valence-electron chi connectivity index (χ2n) is 5.04. The van der Waals surface area contributed by atoms with Gasteiger partial charge in [-0.05, 0) is 25.0 Å². The van der Waals surface area contributed by atoms with Gasteiger partial charge in [0.05, 0.1) is 17.1 Å². The second kappa shape index (κ2) is 5.91. The van der Waals surface area contributed by atoms with Crippen LogP contribution in [0.4, 0.5) is 4.39 Å². The highest BCUT2D eigenvalue weighted by Crippen LogP contribution is 2.21. The van der Waals surface area contributed by atoms with E-state index >= 15 is 0 Å². The van der Waals surface area contributed by atoms with Crippen LogP contribution in [0.2, 0.25) is 0 Å². The number of nitrogens with zero attached hydrogens (tertiary/aromatic N) is 1. The summed E-state index contributed by atoms with van der Waals surface area (Å²) >= 11 is 0. The number of hydrogen-bond acceptors (Lipinski definition) is 3. The Kier molecular flexibility index (Phi) is 4.42. The molecule has 4 nitrogen and oxygen atoms in total. The maximum Gasteiger partial charge on any atom is 0.257 e. The molecule has 0 radical (unpaired) electrons. The topological polar surface area (TPSA) is 54.5 Å². The van der Waals surface area contributed by atoms with Gasteiger partial charge in [-0.3, -0.25) is 4.79 Å². The number of rotatable bonds is 4. The number of benzene rings is 1. The Morgan fingerprint density at radius 3 is 2.65 bits per heavy atom. The van der Waals surface area contributed by atoms with Crippen molar-refractivity contribution < 1.29 is 17.6 Å². The van der Waals surface area contributed by atoms with Gasteiger partial charge < -0.3 is 4.90 Å². The highest BCUT2D eigenvalue weighted by atomic mass is 32.2. The van der Waals surface area contributed by atoms with Gasteiger partial charge in [0.15, 0.2) is 9.84 Å². The Balaban J connectivity index is 2.25. The van der Waals surface area contributed by atoms with Crippen LogP contribution in [0.3, 0.4) is 0 Å². The van der Waals surface area contributed by atoms with Crippen LogP contribution in [0.25, 0.3) is 0 Å². The third-order valence-corrected chi connectivity index (χ3v) is 5.23. The molecule has 1 aliphatic rings. The lowest BCUT2D eigenvalue weighted by Crippen LogP contribution is -2.42. The third-order valence-electron chi connectivity index (χ3n) is 3.48. The molecule has 0 saturated carbocycles. The van der Waals surface area contributed by atoms with Crippen LogP contribution < -0.4 is 0 Å². The average molecular weight is 299 g/mol. The van der Waals surface area contributed by atoms with Gasteiger partial charge >= 0.3 is 0 Å². The summed E-state index contributed by atoms with van der Waals surface area (Å²) in [7, 11) is -3.07. The molecule has 1 unspecified atom stereocenters. The zero-order chi connectivity index (χ0) is 14.8. The van der Waals surface area contributed by atoms with Crippen LogP contribution in [-0.2, 0) is 9.84 Å². The van der Waals surface area contributed by atoms with E-state index in [9.17, 15) is 17.6 Å². The van der Waals surface area contributed by atoms with Crippen molar-refractivity contribution in [1.29, 1.82) is 0 Å². The molecule has 0 aromatic heterocycles. The average Bonchev–Trinajstić information content (AvgIpc) is 2.76. The maximum atomic E-state index is 13.7. The standard InChI is InChI=1S/C14H18FNO3S/c1-2-8-16(11-7-9-20(18,19)10-11)14(17)12-5-3-4-6-13(12)15/h3-6,11H,2,7-10H2,1H3. The van der Waals surface area contributed by atoms with Crippen molar-refractivity contribution in [3.8, 4) is 0 Å². The first-order valence-corrected chi connectivity index (χ1v) is 8.52. The highest BCUT2D eigenvalue weighted by molar-refractivity contribution is 7.91. The summed E-state index contributed by atoms with van der Waals surface area (Å²) < 4.78 is 36.8. The monoisotopic (exact) mass is 299 g/mol. The van der Waals surface area contributed by atoms with Crippen molar-refractivity contribution >= 4 is 15.7 Å².